The molecule has 0 aliphatic heterocycles. The minimum atomic E-state index is -0.828. The smallest absolute Gasteiger partial charge is 0.307 e. The molecular formula is C15H16N2O4. The molecule has 1 aromatic heterocycles. The minimum absolute atomic E-state index is 0.234. The molecule has 6 heteroatoms. The van der Waals surface area contributed by atoms with Crippen molar-refractivity contribution in [3.8, 4) is 17.1 Å². The number of hydrogen-bond donors (Lipinski definition) is 1. The van der Waals surface area contributed by atoms with Crippen molar-refractivity contribution in [1.82, 2.24) is 10.1 Å². The summed E-state index contributed by atoms with van der Waals surface area (Å²) in [5, 5.41) is 13.2. The SMILES string of the molecule is COc1cccc(-c2noc(C3C(C(=O)O)C3(C)C)n2)c1. The van der Waals surface area contributed by atoms with Crippen LogP contribution in [0.2, 0.25) is 0 Å². The number of rotatable bonds is 4. The van der Waals surface area contributed by atoms with E-state index in [4.69, 9.17) is 9.26 Å². The van der Waals surface area contributed by atoms with E-state index in [2.05, 4.69) is 10.1 Å². The number of benzene rings is 1. The predicted molar refractivity (Wildman–Crippen MR) is 73.9 cm³/mol. The Kier molecular flexibility index (Phi) is 2.97. The zero-order valence-corrected chi connectivity index (χ0v) is 12.0. The number of methoxy groups -OCH3 is 1. The van der Waals surface area contributed by atoms with E-state index in [0.717, 1.165) is 5.56 Å². The highest BCUT2D eigenvalue weighted by atomic mass is 16.5. The number of aromatic nitrogens is 2. The van der Waals surface area contributed by atoms with E-state index in [0.29, 0.717) is 17.5 Å². The number of ether oxygens (including phenoxy) is 1. The largest absolute Gasteiger partial charge is 0.497 e. The highest BCUT2D eigenvalue weighted by molar-refractivity contribution is 5.77. The van der Waals surface area contributed by atoms with Gasteiger partial charge in [-0.25, -0.2) is 0 Å². The number of aliphatic carboxylic acids is 1. The lowest BCUT2D eigenvalue weighted by Crippen LogP contribution is -2.03. The van der Waals surface area contributed by atoms with Gasteiger partial charge in [0.05, 0.1) is 18.9 Å². The molecule has 110 valence electrons. The van der Waals surface area contributed by atoms with Gasteiger partial charge in [-0.1, -0.05) is 31.1 Å². The summed E-state index contributed by atoms with van der Waals surface area (Å²) in [6.07, 6.45) is 0. The van der Waals surface area contributed by atoms with Gasteiger partial charge in [-0.2, -0.15) is 4.98 Å². The monoisotopic (exact) mass is 288 g/mol. The van der Waals surface area contributed by atoms with Gasteiger partial charge in [0.2, 0.25) is 11.7 Å². The van der Waals surface area contributed by atoms with Gasteiger partial charge in [0, 0.05) is 5.56 Å². The van der Waals surface area contributed by atoms with Gasteiger partial charge in [-0.3, -0.25) is 4.79 Å². The number of nitrogens with zero attached hydrogens (tertiary/aromatic N) is 2. The summed E-state index contributed by atoms with van der Waals surface area (Å²) in [5.41, 5.74) is 0.416. The average molecular weight is 288 g/mol. The Hall–Kier alpha value is -2.37. The molecule has 2 unspecified atom stereocenters. The van der Waals surface area contributed by atoms with Crippen molar-refractivity contribution in [3.05, 3.63) is 30.2 Å². The zero-order valence-electron chi connectivity index (χ0n) is 12.0. The second kappa shape index (κ2) is 4.58. The summed E-state index contributed by atoms with van der Waals surface area (Å²) in [6.45, 7) is 3.79. The number of hydrogen-bond acceptors (Lipinski definition) is 5. The molecule has 1 aromatic carbocycles. The van der Waals surface area contributed by atoms with Crippen LogP contribution in [0.25, 0.3) is 11.4 Å². The summed E-state index contributed by atoms with van der Waals surface area (Å²) < 4.78 is 10.4. The molecule has 3 rings (SSSR count). The molecule has 1 N–H and O–H groups in total. The van der Waals surface area contributed by atoms with Crippen LogP contribution in [-0.2, 0) is 4.79 Å². The molecule has 2 aromatic rings. The molecule has 0 bridgehead atoms. The first-order valence-corrected chi connectivity index (χ1v) is 6.66. The second-order valence-electron chi connectivity index (χ2n) is 5.80. The van der Waals surface area contributed by atoms with Crippen molar-refractivity contribution in [2.24, 2.45) is 11.3 Å². The van der Waals surface area contributed by atoms with E-state index in [1.165, 1.54) is 0 Å². The van der Waals surface area contributed by atoms with Crippen molar-refractivity contribution in [3.63, 3.8) is 0 Å². The van der Waals surface area contributed by atoms with Crippen LogP contribution in [0.15, 0.2) is 28.8 Å². The fourth-order valence-corrected chi connectivity index (χ4v) is 2.80. The van der Waals surface area contributed by atoms with Gasteiger partial charge < -0.3 is 14.4 Å². The Bertz CT molecular complexity index is 692. The average Bonchev–Trinajstić information content (AvgIpc) is 2.84. The maximum absolute atomic E-state index is 11.2. The van der Waals surface area contributed by atoms with Crippen LogP contribution in [0.1, 0.15) is 25.7 Å². The van der Waals surface area contributed by atoms with Crippen LogP contribution < -0.4 is 4.74 Å². The molecule has 6 nitrogen and oxygen atoms in total. The van der Waals surface area contributed by atoms with E-state index in [-0.39, 0.29) is 11.3 Å². The summed E-state index contributed by atoms with van der Waals surface area (Å²) in [5.74, 6) is -0.0147. The maximum Gasteiger partial charge on any atom is 0.307 e. The Labute approximate surface area is 121 Å². The first-order valence-electron chi connectivity index (χ1n) is 6.66. The van der Waals surface area contributed by atoms with Gasteiger partial charge in [0.25, 0.3) is 0 Å². The molecule has 0 spiro atoms. The molecule has 1 aliphatic rings. The molecule has 2 atom stereocenters. The molecule has 0 saturated heterocycles. The zero-order chi connectivity index (χ0) is 15.2. The molecule has 0 radical (unpaired) electrons. The quantitative estimate of drug-likeness (QED) is 0.930. The van der Waals surface area contributed by atoms with E-state index < -0.39 is 11.9 Å². The molecule has 0 amide bonds. The Morgan fingerprint density at radius 1 is 1.43 bits per heavy atom. The molecule has 1 heterocycles. The van der Waals surface area contributed by atoms with Crippen LogP contribution in [-0.4, -0.2) is 28.3 Å². The van der Waals surface area contributed by atoms with Crippen molar-refractivity contribution in [2.45, 2.75) is 19.8 Å². The van der Waals surface area contributed by atoms with Crippen LogP contribution in [0.3, 0.4) is 0 Å². The maximum atomic E-state index is 11.2. The number of carboxylic acids is 1. The summed E-state index contributed by atoms with van der Waals surface area (Å²) >= 11 is 0. The Balaban J connectivity index is 1.89. The highest BCUT2D eigenvalue weighted by Gasteiger charge is 2.65. The topological polar surface area (TPSA) is 85.5 Å². The summed E-state index contributed by atoms with van der Waals surface area (Å²) in [6, 6.07) is 7.32. The summed E-state index contributed by atoms with van der Waals surface area (Å²) in [4.78, 5) is 15.6. The van der Waals surface area contributed by atoms with Crippen LogP contribution in [0.4, 0.5) is 0 Å². The van der Waals surface area contributed by atoms with Crippen molar-refractivity contribution in [1.29, 1.82) is 0 Å². The Morgan fingerprint density at radius 2 is 2.19 bits per heavy atom. The van der Waals surface area contributed by atoms with E-state index in [1.807, 2.05) is 32.0 Å². The third-order valence-corrected chi connectivity index (χ3v) is 4.13. The predicted octanol–water partition coefficient (Wildman–Crippen LogP) is 2.57. The fourth-order valence-electron chi connectivity index (χ4n) is 2.80. The van der Waals surface area contributed by atoms with E-state index in [1.54, 1.807) is 13.2 Å². The lowest BCUT2D eigenvalue weighted by Gasteiger charge is -1.99. The molecule has 1 aliphatic carbocycles. The van der Waals surface area contributed by atoms with Gasteiger partial charge in [-0.15, -0.1) is 0 Å². The van der Waals surface area contributed by atoms with Crippen LogP contribution >= 0.6 is 0 Å². The lowest BCUT2D eigenvalue weighted by atomic mass is 10.1. The molecular weight excluding hydrogens is 272 g/mol. The second-order valence-corrected chi connectivity index (χ2v) is 5.80. The van der Waals surface area contributed by atoms with Gasteiger partial charge >= 0.3 is 5.97 Å². The van der Waals surface area contributed by atoms with Crippen LogP contribution in [0, 0.1) is 11.3 Å². The Morgan fingerprint density at radius 3 is 2.81 bits per heavy atom. The number of carbonyl (C=O) groups is 1. The van der Waals surface area contributed by atoms with Crippen molar-refractivity contribution in [2.75, 3.05) is 7.11 Å². The van der Waals surface area contributed by atoms with Gasteiger partial charge in [-0.05, 0) is 17.5 Å². The lowest BCUT2D eigenvalue weighted by molar-refractivity contribution is -0.139. The van der Waals surface area contributed by atoms with E-state index in [9.17, 15) is 9.90 Å². The first kappa shape index (κ1) is 13.6. The van der Waals surface area contributed by atoms with Gasteiger partial charge in [0.15, 0.2) is 0 Å². The van der Waals surface area contributed by atoms with Crippen molar-refractivity contribution >= 4 is 5.97 Å². The third-order valence-electron chi connectivity index (χ3n) is 4.13. The third kappa shape index (κ3) is 2.16. The summed E-state index contributed by atoms with van der Waals surface area (Å²) in [7, 11) is 1.59. The van der Waals surface area contributed by atoms with E-state index >= 15 is 0 Å². The minimum Gasteiger partial charge on any atom is -0.497 e. The van der Waals surface area contributed by atoms with Crippen LogP contribution in [0.5, 0.6) is 5.75 Å². The first-order chi connectivity index (χ1) is 9.95. The fraction of sp³-hybridized carbons (Fsp3) is 0.400. The molecule has 1 fully saturated rings. The molecule has 1 saturated carbocycles. The number of carboxylic acid groups (broad SMARTS) is 1. The highest BCUT2D eigenvalue weighted by Crippen LogP contribution is 2.64. The standard InChI is InChI=1S/C15H16N2O4/c1-15(2)10(11(15)14(18)19)13-16-12(17-21-13)8-5-4-6-9(7-8)20-3/h4-7,10-11H,1-3H3,(H,18,19). The molecule has 21 heavy (non-hydrogen) atoms. The van der Waals surface area contributed by atoms with Crippen molar-refractivity contribution < 1.29 is 19.2 Å². The normalized spacial score (nSPS) is 22.8. The van der Waals surface area contributed by atoms with Gasteiger partial charge in [0.1, 0.15) is 5.75 Å².